The van der Waals surface area contributed by atoms with Crippen LogP contribution in [0.15, 0.2) is 12.4 Å². The van der Waals surface area contributed by atoms with Crippen LogP contribution in [0.3, 0.4) is 0 Å². The molecule has 0 radical (unpaired) electrons. The van der Waals surface area contributed by atoms with E-state index in [2.05, 4.69) is 15.3 Å². The normalized spacial score (nSPS) is 17.6. The molecule has 1 fully saturated rings. The lowest BCUT2D eigenvalue weighted by Crippen LogP contribution is -2.53. The zero-order valence-corrected chi connectivity index (χ0v) is 14.9. The first-order valence-electron chi connectivity index (χ1n) is 8.70. The molecule has 1 aliphatic heterocycles. The number of carbonyl (C=O) groups is 2. The highest BCUT2D eigenvalue weighted by Gasteiger charge is 2.35. The fourth-order valence-corrected chi connectivity index (χ4v) is 2.86. The molecule has 3 N–H and O–H groups in total. The van der Waals surface area contributed by atoms with Crippen LogP contribution in [0, 0.1) is 11.7 Å². The number of ketones is 1. The molecular weight excluding hydrogens is 342 g/mol. The molecule has 26 heavy (non-hydrogen) atoms. The summed E-state index contributed by atoms with van der Waals surface area (Å²) in [7, 11) is -1.64. The highest BCUT2D eigenvalue weighted by molar-refractivity contribution is 6.43. The second-order valence-corrected chi connectivity index (χ2v) is 6.88. The van der Waals surface area contributed by atoms with Gasteiger partial charge in [-0.05, 0) is 18.8 Å². The summed E-state index contributed by atoms with van der Waals surface area (Å²) >= 11 is 0. The number of carbonyl (C=O) groups excluding carboxylic acids is 2. The van der Waals surface area contributed by atoms with Crippen molar-refractivity contribution in [1.29, 1.82) is 0 Å². The minimum Gasteiger partial charge on any atom is -0.426 e. The van der Waals surface area contributed by atoms with E-state index in [1.165, 1.54) is 0 Å². The summed E-state index contributed by atoms with van der Waals surface area (Å²) < 4.78 is 12.9. The molecule has 0 bridgehead atoms. The predicted octanol–water partition coefficient (Wildman–Crippen LogP) is 0.0866. The first kappa shape index (κ1) is 20.2. The fourth-order valence-electron chi connectivity index (χ4n) is 2.86. The van der Waals surface area contributed by atoms with Gasteiger partial charge in [0.2, 0.25) is 11.9 Å². The molecule has 0 saturated carbocycles. The van der Waals surface area contributed by atoms with Crippen molar-refractivity contribution in [2.24, 2.45) is 5.92 Å². The summed E-state index contributed by atoms with van der Waals surface area (Å²) in [5.74, 6) is -1.35. The predicted molar refractivity (Wildman–Crippen MR) is 93.6 cm³/mol. The van der Waals surface area contributed by atoms with Crippen LogP contribution in [0.25, 0.3) is 0 Å². The van der Waals surface area contributed by atoms with Crippen molar-refractivity contribution in [3.8, 4) is 0 Å². The Morgan fingerprint density at radius 3 is 2.50 bits per heavy atom. The summed E-state index contributed by atoms with van der Waals surface area (Å²) in [5, 5.41) is 21.2. The van der Waals surface area contributed by atoms with Crippen LogP contribution in [-0.4, -0.2) is 57.4 Å². The maximum atomic E-state index is 12.9. The molecule has 0 aliphatic carbocycles. The van der Waals surface area contributed by atoms with Gasteiger partial charge in [-0.1, -0.05) is 13.8 Å². The lowest BCUT2D eigenvalue weighted by Gasteiger charge is -2.39. The van der Waals surface area contributed by atoms with Gasteiger partial charge < -0.3 is 20.3 Å². The number of nitrogens with zero attached hydrogens (tertiary/aromatic N) is 3. The maximum Gasteiger partial charge on any atom is 0.475 e. The molecule has 1 aromatic heterocycles. The molecule has 1 aliphatic rings. The van der Waals surface area contributed by atoms with Crippen LogP contribution in [0.2, 0.25) is 0 Å². The SMILES string of the molecule is CC(C)C[C@@H](NC(=O)CCC(=O)[C@@H]1CCN1c1ncc(F)cn1)B(O)O. The Morgan fingerprint density at radius 2 is 2.00 bits per heavy atom. The minimum absolute atomic E-state index is 0.0319. The van der Waals surface area contributed by atoms with Crippen molar-refractivity contribution in [3.05, 3.63) is 18.2 Å². The average molecular weight is 366 g/mol. The number of nitrogens with one attached hydrogen (secondary N) is 1. The van der Waals surface area contributed by atoms with Gasteiger partial charge in [-0.15, -0.1) is 0 Å². The van der Waals surface area contributed by atoms with Gasteiger partial charge >= 0.3 is 7.12 Å². The summed E-state index contributed by atoms with van der Waals surface area (Å²) in [4.78, 5) is 33.7. The van der Waals surface area contributed by atoms with Crippen LogP contribution < -0.4 is 10.2 Å². The van der Waals surface area contributed by atoms with Gasteiger partial charge in [0.05, 0.1) is 24.4 Å². The number of Topliss-reactive ketones (excluding diaryl/α,β-unsaturated/α-hetero) is 1. The van der Waals surface area contributed by atoms with Gasteiger partial charge in [0.25, 0.3) is 0 Å². The monoisotopic (exact) mass is 366 g/mol. The van der Waals surface area contributed by atoms with E-state index in [0.717, 1.165) is 12.4 Å². The van der Waals surface area contributed by atoms with E-state index in [9.17, 15) is 24.0 Å². The molecule has 0 aromatic carbocycles. The number of amides is 1. The number of halogens is 1. The van der Waals surface area contributed by atoms with Crippen molar-refractivity contribution in [2.45, 2.75) is 51.5 Å². The molecule has 0 unspecified atom stereocenters. The van der Waals surface area contributed by atoms with E-state index in [0.29, 0.717) is 25.3 Å². The van der Waals surface area contributed by atoms with E-state index >= 15 is 0 Å². The minimum atomic E-state index is -1.64. The maximum absolute atomic E-state index is 12.9. The highest BCUT2D eigenvalue weighted by atomic mass is 19.1. The topological polar surface area (TPSA) is 116 Å². The zero-order chi connectivity index (χ0) is 19.3. The molecule has 2 atom stereocenters. The Morgan fingerprint density at radius 1 is 1.35 bits per heavy atom. The molecule has 8 nitrogen and oxygen atoms in total. The number of aromatic nitrogens is 2. The lowest BCUT2D eigenvalue weighted by molar-refractivity contribution is -0.126. The Bertz CT molecular complexity index is 629. The Hall–Kier alpha value is -2.07. The van der Waals surface area contributed by atoms with E-state index in [1.807, 2.05) is 13.8 Å². The molecule has 1 aromatic rings. The Balaban J connectivity index is 1.82. The average Bonchev–Trinajstić information content (AvgIpc) is 2.53. The van der Waals surface area contributed by atoms with Crippen LogP contribution in [0.4, 0.5) is 10.3 Å². The number of hydrogen-bond donors (Lipinski definition) is 3. The van der Waals surface area contributed by atoms with Gasteiger partial charge in [-0.25, -0.2) is 14.4 Å². The van der Waals surface area contributed by atoms with E-state index in [4.69, 9.17) is 0 Å². The summed E-state index contributed by atoms with van der Waals surface area (Å²) in [6.45, 7) is 4.42. The second kappa shape index (κ2) is 9.04. The molecule has 1 saturated heterocycles. The fraction of sp³-hybridized carbons (Fsp3) is 0.625. The number of hydrogen-bond acceptors (Lipinski definition) is 7. The number of anilines is 1. The zero-order valence-electron chi connectivity index (χ0n) is 14.9. The second-order valence-electron chi connectivity index (χ2n) is 6.88. The van der Waals surface area contributed by atoms with Crippen LogP contribution in [-0.2, 0) is 9.59 Å². The van der Waals surface area contributed by atoms with Crippen LogP contribution in [0.1, 0.15) is 39.5 Å². The molecular formula is C16H24BFN4O4. The third kappa shape index (κ3) is 5.47. The molecule has 2 heterocycles. The van der Waals surface area contributed by atoms with Gasteiger partial charge in [0.15, 0.2) is 11.6 Å². The van der Waals surface area contributed by atoms with Gasteiger partial charge in [-0.3, -0.25) is 9.59 Å². The smallest absolute Gasteiger partial charge is 0.426 e. The van der Waals surface area contributed by atoms with Crippen molar-refractivity contribution in [3.63, 3.8) is 0 Å². The summed E-state index contributed by atoms with van der Waals surface area (Å²) in [6.07, 6.45) is 3.15. The van der Waals surface area contributed by atoms with Crippen molar-refractivity contribution >= 4 is 24.8 Å². The third-order valence-electron chi connectivity index (χ3n) is 4.28. The summed E-state index contributed by atoms with van der Waals surface area (Å²) in [5.41, 5.74) is 0. The van der Waals surface area contributed by atoms with Crippen LogP contribution >= 0.6 is 0 Å². The first-order valence-corrected chi connectivity index (χ1v) is 8.70. The van der Waals surface area contributed by atoms with Crippen molar-refractivity contribution in [1.82, 2.24) is 15.3 Å². The highest BCUT2D eigenvalue weighted by Crippen LogP contribution is 2.24. The van der Waals surface area contributed by atoms with E-state index < -0.39 is 30.8 Å². The Labute approximate surface area is 152 Å². The molecule has 142 valence electrons. The molecule has 1 amide bonds. The van der Waals surface area contributed by atoms with Gasteiger partial charge in [0, 0.05) is 19.4 Å². The summed E-state index contributed by atoms with van der Waals surface area (Å²) in [6, 6.07) is -0.414. The molecule has 2 rings (SSSR count). The molecule has 10 heteroatoms. The third-order valence-corrected chi connectivity index (χ3v) is 4.28. The largest absolute Gasteiger partial charge is 0.475 e. The van der Waals surface area contributed by atoms with Gasteiger partial charge in [-0.2, -0.15) is 0 Å². The Kier molecular flexibility index (Phi) is 7.04. The lowest BCUT2D eigenvalue weighted by atomic mass is 9.75. The first-order chi connectivity index (χ1) is 12.3. The number of rotatable bonds is 9. The van der Waals surface area contributed by atoms with Crippen molar-refractivity contribution in [2.75, 3.05) is 11.4 Å². The van der Waals surface area contributed by atoms with Crippen molar-refractivity contribution < 1.29 is 24.0 Å². The van der Waals surface area contributed by atoms with E-state index in [1.54, 1.807) is 4.90 Å². The van der Waals surface area contributed by atoms with E-state index in [-0.39, 0.29) is 24.5 Å². The standard InChI is InChI=1S/C16H24BFN4O4/c1-10(2)7-14(17(25)26)21-15(24)4-3-13(23)12-5-6-22(12)16-19-8-11(18)9-20-16/h8-10,12,14,25-26H,3-7H2,1-2H3,(H,21,24)/t12-,14+/m0/s1. The van der Waals surface area contributed by atoms with Gasteiger partial charge in [0.1, 0.15) is 0 Å². The molecule has 0 spiro atoms. The quantitative estimate of drug-likeness (QED) is 0.531. The van der Waals surface area contributed by atoms with Crippen LogP contribution in [0.5, 0.6) is 0 Å².